The highest BCUT2D eigenvalue weighted by Crippen LogP contribution is 2.34. The van der Waals surface area contributed by atoms with E-state index in [-0.39, 0.29) is 11.5 Å². The summed E-state index contributed by atoms with van der Waals surface area (Å²) in [5, 5.41) is 0.865. The first kappa shape index (κ1) is 16.8. The Morgan fingerprint density at radius 1 is 1.24 bits per heavy atom. The van der Waals surface area contributed by atoms with Gasteiger partial charge in [-0.15, -0.1) is 0 Å². The first-order valence-electron chi connectivity index (χ1n) is 7.59. The number of hydrogen-bond donors (Lipinski definition) is 0. The number of carbonyl (C=O) groups excluding carboxylic acids is 1. The summed E-state index contributed by atoms with van der Waals surface area (Å²) in [5.74, 6) is -0.0454. The van der Waals surface area contributed by atoms with Crippen LogP contribution < -0.4 is 4.74 Å². The zero-order valence-electron chi connectivity index (χ0n) is 13.8. The molecule has 0 spiro atoms. The SMILES string of the molecule is C=C(C)n1cc(-c2cncc(OC(F)F)c2)c2ccc(C(C)=O)cc21. The molecule has 3 rings (SSSR count). The number of hydrogen-bond acceptors (Lipinski definition) is 3. The van der Waals surface area contributed by atoms with Crippen LogP contribution in [0.3, 0.4) is 0 Å². The molecule has 128 valence electrons. The number of rotatable bonds is 5. The van der Waals surface area contributed by atoms with Crippen molar-refractivity contribution in [3.05, 3.63) is 55.0 Å². The fourth-order valence-corrected chi connectivity index (χ4v) is 2.73. The van der Waals surface area contributed by atoms with E-state index in [0.717, 1.165) is 22.2 Å². The molecule has 0 fully saturated rings. The summed E-state index contributed by atoms with van der Waals surface area (Å²) in [4.78, 5) is 15.6. The van der Waals surface area contributed by atoms with Crippen molar-refractivity contribution < 1.29 is 18.3 Å². The van der Waals surface area contributed by atoms with Crippen LogP contribution in [-0.4, -0.2) is 21.9 Å². The number of ketones is 1. The fourth-order valence-electron chi connectivity index (χ4n) is 2.73. The van der Waals surface area contributed by atoms with E-state index in [4.69, 9.17) is 0 Å². The predicted octanol–water partition coefficient (Wildman–Crippen LogP) is 5.00. The summed E-state index contributed by atoms with van der Waals surface area (Å²) < 4.78 is 31.2. The number of fused-ring (bicyclic) bond motifs is 1. The Balaban J connectivity index is 2.20. The minimum absolute atomic E-state index is 0.0101. The van der Waals surface area contributed by atoms with Crippen LogP contribution in [0.5, 0.6) is 5.75 Å². The molecule has 4 nitrogen and oxygen atoms in total. The molecule has 6 heteroatoms. The van der Waals surface area contributed by atoms with E-state index in [1.807, 2.05) is 23.8 Å². The fraction of sp³-hybridized carbons (Fsp3) is 0.158. The zero-order valence-corrected chi connectivity index (χ0v) is 13.8. The van der Waals surface area contributed by atoms with Crippen molar-refractivity contribution in [2.24, 2.45) is 0 Å². The van der Waals surface area contributed by atoms with Crippen LogP contribution in [0.25, 0.3) is 27.7 Å². The van der Waals surface area contributed by atoms with Gasteiger partial charge in [-0.3, -0.25) is 9.78 Å². The van der Waals surface area contributed by atoms with E-state index in [1.54, 1.807) is 18.3 Å². The molecule has 0 atom stereocenters. The van der Waals surface area contributed by atoms with Crippen molar-refractivity contribution in [3.8, 4) is 16.9 Å². The van der Waals surface area contributed by atoms with E-state index >= 15 is 0 Å². The average Bonchev–Trinajstić information content (AvgIpc) is 2.93. The number of nitrogens with zero attached hydrogens (tertiary/aromatic N) is 2. The van der Waals surface area contributed by atoms with Crippen LogP contribution in [0.2, 0.25) is 0 Å². The molecule has 25 heavy (non-hydrogen) atoms. The molecular formula is C19H16F2N2O2. The highest BCUT2D eigenvalue weighted by Gasteiger charge is 2.14. The largest absolute Gasteiger partial charge is 0.433 e. The first-order valence-corrected chi connectivity index (χ1v) is 7.59. The Morgan fingerprint density at radius 3 is 2.64 bits per heavy atom. The molecule has 0 aliphatic carbocycles. The number of benzene rings is 1. The number of allylic oxidation sites excluding steroid dienone is 1. The number of aromatic nitrogens is 2. The standard InChI is InChI=1S/C19H16F2N2O2/c1-11(2)23-10-17(14-6-15(9-22-8-14)25-19(20)21)16-5-4-13(12(3)24)7-18(16)23/h4-10,19H,1H2,2-3H3. The third kappa shape index (κ3) is 3.28. The minimum Gasteiger partial charge on any atom is -0.433 e. The highest BCUT2D eigenvalue weighted by molar-refractivity contribution is 6.03. The van der Waals surface area contributed by atoms with Crippen molar-refractivity contribution in [2.45, 2.75) is 20.5 Å². The Hall–Kier alpha value is -3.02. The van der Waals surface area contributed by atoms with Gasteiger partial charge in [0.1, 0.15) is 5.75 Å². The smallest absolute Gasteiger partial charge is 0.387 e. The van der Waals surface area contributed by atoms with Crippen LogP contribution in [0, 0.1) is 0 Å². The number of ether oxygens (including phenoxy) is 1. The Kier molecular flexibility index (Phi) is 4.35. The number of Topliss-reactive ketones (excluding diaryl/α,β-unsaturated/α-hetero) is 1. The maximum absolute atomic E-state index is 12.4. The lowest BCUT2D eigenvalue weighted by Gasteiger charge is -2.05. The quantitative estimate of drug-likeness (QED) is 0.613. The van der Waals surface area contributed by atoms with E-state index in [2.05, 4.69) is 16.3 Å². The van der Waals surface area contributed by atoms with Crippen molar-refractivity contribution >= 4 is 22.4 Å². The number of carbonyl (C=O) groups is 1. The van der Waals surface area contributed by atoms with E-state index in [1.165, 1.54) is 19.2 Å². The molecule has 0 amide bonds. The summed E-state index contributed by atoms with van der Waals surface area (Å²) in [6.07, 6.45) is 4.66. The van der Waals surface area contributed by atoms with Crippen molar-refractivity contribution in [3.63, 3.8) is 0 Å². The minimum atomic E-state index is -2.91. The van der Waals surface area contributed by atoms with Crippen LogP contribution >= 0.6 is 0 Å². The number of pyridine rings is 1. The summed E-state index contributed by atoms with van der Waals surface area (Å²) >= 11 is 0. The molecule has 0 saturated carbocycles. The molecule has 0 saturated heterocycles. The van der Waals surface area contributed by atoms with Gasteiger partial charge in [0.05, 0.1) is 11.7 Å². The monoisotopic (exact) mass is 342 g/mol. The molecule has 0 aliphatic heterocycles. The lowest BCUT2D eigenvalue weighted by molar-refractivity contribution is -0.0500. The highest BCUT2D eigenvalue weighted by atomic mass is 19.3. The second-order valence-electron chi connectivity index (χ2n) is 5.72. The van der Waals surface area contributed by atoms with Crippen LogP contribution in [0.15, 0.2) is 49.4 Å². The topological polar surface area (TPSA) is 44.1 Å². The summed E-state index contributed by atoms with van der Waals surface area (Å²) in [7, 11) is 0. The number of alkyl halides is 2. The molecule has 2 aromatic heterocycles. The third-order valence-electron chi connectivity index (χ3n) is 3.87. The summed E-state index contributed by atoms with van der Waals surface area (Å²) in [6, 6.07) is 6.88. The maximum Gasteiger partial charge on any atom is 0.387 e. The number of halogens is 2. The van der Waals surface area contributed by atoms with Gasteiger partial charge in [0.15, 0.2) is 5.78 Å². The normalized spacial score (nSPS) is 11.1. The van der Waals surface area contributed by atoms with Gasteiger partial charge in [0.25, 0.3) is 0 Å². The Bertz CT molecular complexity index is 977. The second-order valence-corrected chi connectivity index (χ2v) is 5.72. The average molecular weight is 342 g/mol. The van der Waals surface area contributed by atoms with E-state index in [9.17, 15) is 13.6 Å². The van der Waals surface area contributed by atoms with Crippen LogP contribution in [-0.2, 0) is 0 Å². The Morgan fingerprint density at radius 2 is 2.00 bits per heavy atom. The van der Waals surface area contributed by atoms with Gasteiger partial charge in [-0.2, -0.15) is 8.78 Å². The van der Waals surface area contributed by atoms with Crippen molar-refractivity contribution in [1.29, 1.82) is 0 Å². The molecule has 0 radical (unpaired) electrons. The van der Waals surface area contributed by atoms with Gasteiger partial charge < -0.3 is 9.30 Å². The molecule has 3 aromatic rings. The van der Waals surface area contributed by atoms with Crippen LogP contribution in [0.4, 0.5) is 8.78 Å². The van der Waals surface area contributed by atoms with Gasteiger partial charge in [0.2, 0.25) is 0 Å². The predicted molar refractivity (Wildman–Crippen MR) is 92.8 cm³/mol. The maximum atomic E-state index is 12.4. The molecule has 0 unspecified atom stereocenters. The van der Waals surface area contributed by atoms with Gasteiger partial charge in [0, 0.05) is 40.2 Å². The third-order valence-corrected chi connectivity index (χ3v) is 3.87. The van der Waals surface area contributed by atoms with Gasteiger partial charge in [-0.1, -0.05) is 18.7 Å². The van der Waals surface area contributed by atoms with Gasteiger partial charge in [-0.05, 0) is 26.0 Å². The van der Waals surface area contributed by atoms with Gasteiger partial charge >= 0.3 is 6.61 Å². The van der Waals surface area contributed by atoms with Crippen LogP contribution in [0.1, 0.15) is 24.2 Å². The van der Waals surface area contributed by atoms with E-state index < -0.39 is 6.61 Å². The Labute approximate surface area is 143 Å². The van der Waals surface area contributed by atoms with Crippen molar-refractivity contribution in [1.82, 2.24) is 9.55 Å². The summed E-state index contributed by atoms with van der Waals surface area (Å²) in [5.41, 5.74) is 3.60. The first-order chi connectivity index (χ1) is 11.9. The second kappa shape index (κ2) is 6.47. The molecule has 0 aliphatic rings. The van der Waals surface area contributed by atoms with Gasteiger partial charge in [-0.25, -0.2) is 0 Å². The zero-order chi connectivity index (χ0) is 18.1. The summed E-state index contributed by atoms with van der Waals surface area (Å²) in [6.45, 7) is 4.39. The van der Waals surface area contributed by atoms with Crippen molar-refractivity contribution in [2.75, 3.05) is 0 Å². The molecule has 2 heterocycles. The molecule has 1 aromatic carbocycles. The lowest BCUT2D eigenvalue weighted by atomic mass is 10.0. The molecule has 0 N–H and O–H groups in total. The van der Waals surface area contributed by atoms with E-state index in [0.29, 0.717) is 11.1 Å². The molecular weight excluding hydrogens is 326 g/mol. The lowest BCUT2D eigenvalue weighted by Crippen LogP contribution is -2.02. The molecule has 0 bridgehead atoms.